The zero-order valence-electron chi connectivity index (χ0n) is 17.0. The first-order chi connectivity index (χ1) is 15.1. The van der Waals surface area contributed by atoms with E-state index in [1.54, 1.807) is 6.07 Å². The van der Waals surface area contributed by atoms with E-state index in [2.05, 4.69) is 10.3 Å². The first-order valence-electron chi connectivity index (χ1n) is 10.1. The van der Waals surface area contributed by atoms with E-state index in [1.165, 1.54) is 0 Å². The minimum Gasteiger partial charge on any atom is -0.384 e. The molecule has 0 saturated heterocycles. The molecule has 0 bridgehead atoms. The van der Waals surface area contributed by atoms with Crippen LogP contribution >= 0.6 is 0 Å². The Labute approximate surface area is 181 Å². The predicted octanol–water partition coefficient (Wildman–Crippen LogP) is 4.51. The third-order valence-electron chi connectivity index (χ3n) is 5.07. The normalized spacial score (nSPS) is 11.6. The largest absolute Gasteiger partial charge is 0.384 e. The first-order valence-corrected chi connectivity index (χ1v) is 10.1. The van der Waals surface area contributed by atoms with Gasteiger partial charge in [-0.1, -0.05) is 78.9 Å². The van der Waals surface area contributed by atoms with Crippen molar-refractivity contribution in [3.63, 3.8) is 0 Å². The van der Waals surface area contributed by atoms with E-state index < -0.39 is 6.04 Å². The van der Waals surface area contributed by atoms with Crippen LogP contribution in [-0.2, 0) is 11.2 Å². The first kappa shape index (κ1) is 20.3. The summed E-state index contributed by atoms with van der Waals surface area (Å²) < 4.78 is 0. The lowest BCUT2D eigenvalue weighted by atomic mass is 10.00. The third kappa shape index (κ3) is 4.97. The summed E-state index contributed by atoms with van der Waals surface area (Å²) in [5.74, 6) is 0.168. The van der Waals surface area contributed by atoms with Gasteiger partial charge < -0.3 is 16.8 Å². The Hall–Kier alpha value is -3.96. The fraction of sp³-hybridized carbons (Fsp3) is 0.0769. The summed E-state index contributed by atoms with van der Waals surface area (Å²) in [6, 6.07) is 30.4. The maximum Gasteiger partial charge on any atom is 0.241 e. The molecule has 5 N–H and O–H groups in total. The standard InChI is InChI=1S/C26H24N4O/c27-22(16-18-8-3-1-4-9-18)26(31)30-24-17-20(19-10-5-2-6-11-19)14-15-21(24)23-12-7-13-25(28)29-23/h1-15,17,22H,16,27H2,(H2,28,29)(H,30,31). The average molecular weight is 409 g/mol. The van der Waals surface area contributed by atoms with E-state index in [-0.39, 0.29) is 5.91 Å². The monoisotopic (exact) mass is 408 g/mol. The summed E-state index contributed by atoms with van der Waals surface area (Å²) in [4.78, 5) is 17.4. The summed E-state index contributed by atoms with van der Waals surface area (Å²) in [6.45, 7) is 0. The van der Waals surface area contributed by atoms with Crippen LogP contribution in [0.1, 0.15) is 5.56 Å². The van der Waals surface area contributed by atoms with Crippen LogP contribution in [0.4, 0.5) is 11.5 Å². The Morgan fingerprint density at radius 1 is 0.839 bits per heavy atom. The zero-order valence-corrected chi connectivity index (χ0v) is 17.0. The van der Waals surface area contributed by atoms with Crippen LogP contribution in [0.3, 0.4) is 0 Å². The molecule has 0 aliphatic heterocycles. The second kappa shape index (κ2) is 9.24. The smallest absolute Gasteiger partial charge is 0.241 e. The number of pyridine rings is 1. The molecular weight excluding hydrogens is 384 g/mol. The van der Waals surface area contributed by atoms with Crippen molar-refractivity contribution in [2.75, 3.05) is 11.1 Å². The molecular formula is C26H24N4O. The number of hydrogen-bond acceptors (Lipinski definition) is 4. The van der Waals surface area contributed by atoms with Crippen LogP contribution in [0.5, 0.6) is 0 Å². The number of aromatic nitrogens is 1. The minimum absolute atomic E-state index is 0.251. The molecule has 4 rings (SSSR count). The number of amides is 1. The minimum atomic E-state index is -0.676. The second-order valence-corrected chi connectivity index (χ2v) is 7.36. The van der Waals surface area contributed by atoms with Crippen LogP contribution in [0, 0.1) is 0 Å². The molecule has 0 aliphatic rings. The highest BCUT2D eigenvalue weighted by molar-refractivity contribution is 5.99. The van der Waals surface area contributed by atoms with Crippen LogP contribution in [0.15, 0.2) is 97.1 Å². The van der Waals surface area contributed by atoms with Gasteiger partial charge in [-0.25, -0.2) is 4.98 Å². The number of carbonyl (C=O) groups is 1. The Balaban J connectivity index is 1.66. The molecule has 1 heterocycles. The number of benzene rings is 3. The molecule has 0 radical (unpaired) electrons. The van der Waals surface area contributed by atoms with Crippen molar-refractivity contribution >= 4 is 17.4 Å². The van der Waals surface area contributed by atoms with Gasteiger partial charge >= 0.3 is 0 Å². The number of rotatable bonds is 6. The van der Waals surface area contributed by atoms with Crippen LogP contribution in [0.25, 0.3) is 22.4 Å². The molecule has 1 amide bonds. The van der Waals surface area contributed by atoms with Crippen LogP contribution < -0.4 is 16.8 Å². The fourth-order valence-electron chi connectivity index (χ4n) is 3.47. The van der Waals surface area contributed by atoms with Gasteiger partial charge in [-0.05, 0) is 41.3 Å². The van der Waals surface area contributed by atoms with E-state index in [4.69, 9.17) is 11.5 Å². The average Bonchev–Trinajstić information content (AvgIpc) is 2.80. The van der Waals surface area contributed by atoms with Crippen LogP contribution in [-0.4, -0.2) is 16.9 Å². The molecule has 5 nitrogen and oxygen atoms in total. The molecule has 0 aliphatic carbocycles. The van der Waals surface area contributed by atoms with Gasteiger partial charge in [0.05, 0.1) is 17.4 Å². The Bertz CT molecular complexity index is 1180. The van der Waals surface area contributed by atoms with Gasteiger partial charge in [-0.3, -0.25) is 4.79 Å². The Kier molecular flexibility index (Phi) is 6.05. The van der Waals surface area contributed by atoms with E-state index in [1.807, 2.05) is 91.0 Å². The molecule has 0 spiro atoms. The van der Waals surface area contributed by atoms with E-state index in [0.29, 0.717) is 23.6 Å². The summed E-state index contributed by atoms with van der Waals surface area (Å²) in [7, 11) is 0. The molecule has 1 aromatic heterocycles. The Morgan fingerprint density at radius 3 is 2.26 bits per heavy atom. The number of nitrogens with two attached hydrogens (primary N) is 2. The molecule has 5 heteroatoms. The predicted molar refractivity (Wildman–Crippen MR) is 126 cm³/mol. The lowest BCUT2D eigenvalue weighted by Crippen LogP contribution is -2.37. The number of nitrogen functional groups attached to an aromatic ring is 1. The highest BCUT2D eigenvalue weighted by atomic mass is 16.2. The second-order valence-electron chi connectivity index (χ2n) is 7.36. The van der Waals surface area contributed by atoms with Gasteiger partial charge in [0.1, 0.15) is 5.82 Å². The number of carbonyl (C=O) groups excluding carboxylic acids is 1. The van der Waals surface area contributed by atoms with Gasteiger partial charge in [0.2, 0.25) is 5.91 Å². The maximum absolute atomic E-state index is 12.9. The van der Waals surface area contributed by atoms with Crippen molar-refractivity contribution in [2.24, 2.45) is 5.73 Å². The lowest BCUT2D eigenvalue weighted by Gasteiger charge is -2.16. The molecule has 3 aromatic carbocycles. The molecule has 1 atom stereocenters. The van der Waals surface area contributed by atoms with Gasteiger partial charge in [0, 0.05) is 5.56 Å². The van der Waals surface area contributed by atoms with Gasteiger partial charge in [-0.15, -0.1) is 0 Å². The van der Waals surface area contributed by atoms with Gasteiger partial charge in [0.25, 0.3) is 0 Å². The van der Waals surface area contributed by atoms with Crippen molar-refractivity contribution < 1.29 is 4.79 Å². The molecule has 0 fully saturated rings. The topological polar surface area (TPSA) is 94.0 Å². The zero-order chi connectivity index (χ0) is 21.6. The summed E-state index contributed by atoms with van der Waals surface area (Å²) in [6.07, 6.45) is 0.455. The number of anilines is 2. The molecule has 31 heavy (non-hydrogen) atoms. The number of nitrogens with zero attached hydrogens (tertiary/aromatic N) is 1. The lowest BCUT2D eigenvalue weighted by molar-refractivity contribution is -0.117. The maximum atomic E-state index is 12.9. The van der Waals surface area contributed by atoms with Crippen molar-refractivity contribution in [3.8, 4) is 22.4 Å². The number of nitrogens with one attached hydrogen (secondary N) is 1. The molecule has 1 unspecified atom stereocenters. The molecule has 154 valence electrons. The van der Waals surface area contributed by atoms with Crippen molar-refractivity contribution in [2.45, 2.75) is 12.5 Å². The highest BCUT2D eigenvalue weighted by Crippen LogP contribution is 2.32. The SMILES string of the molecule is Nc1cccc(-c2ccc(-c3ccccc3)cc2NC(=O)C(N)Cc2ccccc2)n1. The van der Waals surface area contributed by atoms with Crippen molar-refractivity contribution in [1.82, 2.24) is 4.98 Å². The van der Waals surface area contributed by atoms with Gasteiger partial charge in [-0.2, -0.15) is 0 Å². The third-order valence-corrected chi connectivity index (χ3v) is 5.07. The summed E-state index contributed by atoms with van der Waals surface area (Å²) >= 11 is 0. The van der Waals surface area contributed by atoms with Crippen molar-refractivity contribution in [3.05, 3.63) is 103 Å². The molecule has 0 saturated carbocycles. The quantitative estimate of drug-likeness (QED) is 0.438. The number of hydrogen-bond donors (Lipinski definition) is 3. The van der Waals surface area contributed by atoms with Crippen LogP contribution in [0.2, 0.25) is 0 Å². The fourth-order valence-corrected chi connectivity index (χ4v) is 3.47. The van der Waals surface area contributed by atoms with Crippen molar-refractivity contribution in [1.29, 1.82) is 0 Å². The van der Waals surface area contributed by atoms with Gasteiger partial charge in [0.15, 0.2) is 0 Å². The summed E-state index contributed by atoms with van der Waals surface area (Å²) in [5, 5.41) is 3.01. The summed E-state index contributed by atoms with van der Waals surface area (Å²) in [5.41, 5.74) is 17.3. The highest BCUT2D eigenvalue weighted by Gasteiger charge is 2.17. The van der Waals surface area contributed by atoms with E-state index in [9.17, 15) is 4.79 Å². The van der Waals surface area contributed by atoms with E-state index in [0.717, 1.165) is 22.3 Å². The van der Waals surface area contributed by atoms with E-state index >= 15 is 0 Å². The molecule has 4 aromatic rings. The Morgan fingerprint density at radius 2 is 1.55 bits per heavy atom.